The Kier molecular flexibility index (Phi) is 5.75. The van der Waals surface area contributed by atoms with E-state index in [0.717, 1.165) is 16.7 Å². The molecule has 0 saturated heterocycles. The summed E-state index contributed by atoms with van der Waals surface area (Å²) in [5.74, 6) is 0.0489. The summed E-state index contributed by atoms with van der Waals surface area (Å²) < 4.78 is 5.89. The molecule has 152 valence electrons. The first-order chi connectivity index (χ1) is 14.7. The highest BCUT2D eigenvalue weighted by Gasteiger charge is 2.31. The molecule has 1 aromatic heterocycles. The van der Waals surface area contributed by atoms with Crippen molar-refractivity contribution in [2.75, 3.05) is 20.2 Å². The number of fused-ring (bicyclic) bond motifs is 1. The van der Waals surface area contributed by atoms with Crippen molar-refractivity contribution >= 4 is 11.8 Å². The highest BCUT2D eigenvalue weighted by Crippen LogP contribution is 2.41. The number of ether oxygens (including phenoxy) is 1. The molecule has 0 radical (unpaired) electrons. The molecule has 0 saturated carbocycles. The number of aromatic nitrogens is 1. The van der Waals surface area contributed by atoms with Crippen molar-refractivity contribution in [1.29, 1.82) is 0 Å². The SMILES string of the molecule is CNC(=O)c1cc(C(=O)NCCc2ccncc2)cc2c1OCC2c1ccccc1. The highest BCUT2D eigenvalue weighted by molar-refractivity contribution is 6.02. The molecule has 1 aliphatic rings. The Labute approximate surface area is 175 Å². The van der Waals surface area contributed by atoms with Gasteiger partial charge in [0.2, 0.25) is 0 Å². The van der Waals surface area contributed by atoms with E-state index < -0.39 is 0 Å². The van der Waals surface area contributed by atoms with Crippen molar-refractivity contribution in [3.8, 4) is 5.75 Å². The molecule has 2 N–H and O–H groups in total. The summed E-state index contributed by atoms with van der Waals surface area (Å²) in [6, 6.07) is 17.3. The second-order valence-electron chi connectivity index (χ2n) is 7.16. The zero-order chi connectivity index (χ0) is 20.9. The molecular weight excluding hydrogens is 378 g/mol. The summed E-state index contributed by atoms with van der Waals surface area (Å²) in [5, 5.41) is 5.59. The first-order valence-corrected chi connectivity index (χ1v) is 9.92. The second-order valence-corrected chi connectivity index (χ2v) is 7.16. The number of nitrogens with one attached hydrogen (secondary N) is 2. The van der Waals surface area contributed by atoms with Gasteiger partial charge < -0.3 is 15.4 Å². The average Bonchev–Trinajstić information content (AvgIpc) is 3.23. The molecule has 2 amide bonds. The number of hydrogen-bond donors (Lipinski definition) is 2. The lowest BCUT2D eigenvalue weighted by atomic mass is 9.90. The lowest BCUT2D eigenvalue weighted by molar-refractivity contribution is 0.0954. The smallest absolute Gasteiger partial charge is 0.254 e. The summed E-state index contributed by atoms with van der Waals surface area (Å²) in [7, 11) is 1.57. The monoisotopic (exact) mass is 401 g/mol. The Bertz CT molecular complexity index is 1050. The summed E-state index contributed by atoms with van der Waals surface area (Å²) in [6.45, 7) is 0.935. The maximum absolute atomic E-state index is 12.8. The molecule has 0 aliphatic carbocycles. The number of benzene rings is 2. The number of carbonyl (C=O) groups is 2. The molecule has 3 aromatic rings. The Morgan fingerprint density at radius 2 is 1.83 bits per heavy atom. The summed E-state index contributed by atoms with van der Waals surface area (Å²) in [5.41, 5.74) is 3.89. The van der Waals surface area contributed by atoms with Gasteiger partial charge in [-0.15, -0.1) is 0 Å². The fourth-order valence-electron chi connectivity index (χ4n) is 3.70. The minimum atomic E-state index is -0.272. The van der Waals surface area contributed by atoms with Crippen molar-refractivity contribution in [2.24, 2.45) is 0 Å². The van der Waals surface area contributed by atoms with E-state index in [4.69, 9.17) is 4.74 Å². The number of amides is 2. The third-order valence-electron chi connectivity index (χ3n) is 5.27. The van der Waals surface area contributed by atoms with E-state index in [9.17, 15) is 9.59 Å². The van der Waals surface area contributed by atoms with Crippen molar-refractivity contribution in [3.63, 3.8) is 0 Å². The van der Waals surface area contributed by atoms with E-state index >= 15 is 0 Å². The number of nitrogens with zero attached hydrogens (tertiary/aromatic N) is 1. The van der Waals surface area contributed by atoms with Gasteiger partial charge in [0.25, 0.3) is 11.8 Å². The van der Waals surface area contributed by atoms with Gasteiger partial charge in [0.1, 0.15) is 5.75 Å². The summed E-state index contributed by atoms with van der Waals surface area (Å²) in [6.07, 6.45) is 4.17. The first-order valence-electron chi connectivity index (χ1n) is 9.92. The molecule has 6 heteroatoms. The third kappa shape index (κ3) is 4.03. The van der Waals surface area contributed by atoms with Gasteiger partial charge in [0.05, 0.1) is 12.2 Å². The van der Waals surface area contributed by atoms with Crippen LogP contribution >= 0.6 is 0 Å². The quantitative estimate of drug-likeness (QED) is 0.666. The normalized spacial score (nSPS) is 14.5. The van der Waals surface area contributed by atoms with Crippen LogP contribution in [0.4, 0.5) is 0 Å². The Hall–Kier alpha value is -3.67. The van der Waals surface area contributed by atoms with Gasteiger partial charge in [-0.1, -0.05) is 30.3 Å². The average molecular weight is 401 g/mol. The maximum Gasteiger partial charge on any atom is 0.254 e. The topological polar surface area (TPSA) is 80.3 Å². The van der Waals surface area contributed by atoms with E-state index in [1.807, 2.05) is 48.5 Å². The fourth-order valence-corrected chi connectivity index (χ4v) is 3.70. The minimum Gasteiger partial charge on any atom is -0.491 e. The molecule has 1 atom stereocenters. The Morgan fingerprint density at radius 1 is 1.07 bits per heavy atom. The van der Waals surface area contributed by atoms with Crippen molar-refractivity contribution in [3.05, 3.63) is 94.8 Å². The largest absolute Gasteiger partial charge is 0.491 e. The molecule has 0 fully saturated rings. The number of pyridine rings is 1. The van der Waals surface area contributed by atoms with Crippen LogP contribution in [0.2, 0.25) is 0 Å². The zero-order valence-corrected chi connectivity index (χ0v) is 16.7. The van der Waals surface area contributed by atoms with Crippen molar-refractivity contribution in [2.45, 2.75) is 12.3 Å². The molecule has 6 nitrogen and oxygen atoms in total. The molecular formula is C24H23N3O3. The van der Waals surface area contributed by atoms with E-state index in [0.29, 0.717) is 36.4 Å². The standard InChI is InChI=1S/C24H23N3O3/c1-25-24(29)20-14-18(23(28)27-12-9-16-7-10-26-11-8-16)13-19-21(15-30-22(19)20)17-5-3-2-4-6-17/h2-8,10-11,13-14,21H,9,12,15H2,1H3,(H,25,29)(H,27,28). The van der Waals surface area contributed by atoms with Gasteiger partial charge in [0, 0.05) is 43.0 Å². The van der Waals surface area contributed by atoms with Crippen LogP contribution in [0.5, 0.6) is 5.75 Å². The second kappa shape index (κ2) is 8.78. The predicted octanol–water partition coefficient (Wildman–Crippen LogP) is 2.94. The van der Waals surface area contributed by atoms with Crippen molar-refractivity contribution in [1.82, 2.24) is 15.6 Å². The molecule has 2 heterocycles. The van der Waals surface area contributed by atoms with Crippen molar-refractivity contribution < 1.29 is 14.3 Å². The van der Waals surface area contributed by atoms with E-state index in [-0.39, 0.29) is 17.7 Å². The van der Waals surface area contributed by atoms with Gasteiger partial charge in [-0.2, -0.15) is 0 Å². The molecule has 0 spiro atoms. The summed E-state index contributed by atoms with van der Waals surface area (Å²) >= 11 is 0. The number of rotatable bonds is 6. The van der Waals surface area contributed by atoms with Crippen LogP contribution in [0.1, 0.15) is 43.3 Å². The van der Waals surface area contributed by atoms with Gasteiger partial charge in [-0.25, -0.2) is 0 Å². The first kappa shape index (κ1) is 19.6. The number of hydrogen-bond acceptors (Lipinski definition) is 4. The molecule has 1 unspecified atom stereocenters. The van der Waals surface area contributed by atoms with E-state index in [1.165, 1.54) is 0 Å². The van der Waals surface area contributed by atoms with Gasteiger partial charge in [0.15, 0.2) is 0 Å². The Balaban J connectivity index is 1.60. The van der Waals surface area contributed by atoms with Crippen LogP contribution in [0.3, 0.4) is 0 Å². The molecule has 0 bridgehead atoms. The molecule has 30 heavy (non-hydrogen) atoms. The molecule has 2 aromatic carbocycles. The van der Waals surface area contributed by atoms with Crippen LogP contribution in [0.25, 0.3) is 0 Å². The lowest BCUT2D eigenvalue weighted by Gasteiger charge is -2.13. The molecule has 1 aliphatic heterocycles. The third-order valence-corrected chi connectivity index (χ3v) is 5.27. The van der Waals surface area contributed by atoms with E-state index in [1.54, 1.807) is 25.5 Å². The van der Waals surface area contributed by atoms with Crippen LogP contribution < -0.4 is 15.4 Å². The summed E-state index contributed by atoms with van der Waals surface area (Å²) in [4.78, 5) is 29.3. The van der Waals surface area contributed by atoms with E-state index in [2.05, 4.69) is 15.6 Å². The van der Waals surface area contributed by atoms with Gasteiger partial charge >= 0.3 is 0 Å². The highest BCUT2D eigenvalue weighted by atomic mass is 16.5. The predicted molar refractivity (Wildman–Crippen MR) is 114 cm³/mol. The Morgan fingerprint density at radius 3 is 2.57 bits per heavy atom. The van der Waals surface area contributed by atoms with Gasteiger partial charge in [-0.05, 0) is 41.8 Å². The minimum absolute atomic E-state index is 0.0193. The fraction of sp³-hybridized carbons (Fsp3) is 0.208. The maximum atomic E-state index is 12.8. The zero-order valence-electron chi connectivity index (χ0n) is 16.7. The van der Waals surface area contributed by atoms with Crippen LogP contribution in [0, 0.1) is 0 Å². The lowest BCUT2D eigenvalue weighted by Crippen LogP contribution is -2.26. The van der Waals surface area contributed by atoms with Crippen LogP contribution in [0.15, 0.2) is 67.0 Å². The van der Waals surface area contributed by atoms with Gasteiger partial charge in [-0.3, -0.25) is 14.6 Å². The van der Waals surface area contributed by atoms with Crippen LogP contribution in [-0.2, 0) is 6.42 Å². The number of carbonyl (C=O) groups excluding carboxylic acids is 2. The van der Waals surface area contributed by atoms with Crippen LogP contribution in [-0.4, -0.2) is 37.0 Å². The molecule has 4 rings (SSSR count).